The minimum atomic E-state index is -1.11. The average Bonchev–Trinajstić information content (AvgIpc) is 3.14. The molecule has 3 rings (SSSR count). The number of aryl methyl sites for hydroxylation is 1. The molecule has 0 spiro atoms. The van der Waals surface area contributed by atoms with Crippen LogP contribution in [0, 0.1) is 0 Å². The van der Waals surface area contributed by atoms with Crippen LogP contribution in [-0.4, -0.2) is 54.1 Å². The Labute approximate surface area is 129 Å². The van der Waals surface area contributed by atoms with Gasteiger partial charge < -0.3 is 14.4 Å². The minimum Gasteiger partial charge on any atom is -0.478 e. The molecule has 10 heteroatoms. The number of aromatic amines is 1. The number of nitrogens with zero attached hydrogens (tertiary/aromatic N) is 5. The largest absolute Gasteiger partial charge is 0.478 e. The summed E-state index contributed by atoms with van der Waals surface area (Å²) < 4.78 is 7.88. The van der Waals surface area contributed by atoms with Crippen molar-refractivity contribution < 1.29 is 14.6 Å². The van der Waals surface area contributed by atoms with E-state index in [2.05, 4.69) is 20.1 Å². The van der Waals surface area contributed by atoms with E-state index in [0.29, 0.717) is 18.7 Å². The highest BCUT2D eigenvalue weighted by Crippen LogP contribution is 2.09. The van der Waals surface area contributed by atoms with Crippen LogP contribution in [0.5, 0.6) is 0 Å². The number of carboxylic acid groups (broad SMARTS) is 1. The second-order valence-electron chi connectivity index (χ2n) is 4.82. The van der Waals surface area contributed by atoms with Crippen LogP contribution in [0.4, 0.5) is 0 Å². The predicted molar refractivity (Wildman–Crippen MR) is 78.7 cm³/mol. The summed E-state index contributed by atoms with van der Waals surface area (Å²) >= 11 is 0. The van der Waals surface area contributed by atoms with Crippen LogP contribution in [0.1, 0.15) is 16.8 Å². The van der Waals surface area contributed by atoms with E-state index in [0.717, 1.165) is 6.42 Å². The van der Waals surface area contributed by atoms with Crippen molar-refractivity contribution in [2.45, 2.75) is 13.0 Å². The van der Waals surface area contributed by atoms with Gasteiger partial charge in [0.15, 0.2) is 11.2 Å². The van der Waals surface area contributed by atoms with Crippen molar-refractivity contribution in [1.29, 1.82) is 0 Å². The number of nitrogens with one attached hydrogen (secondary N) is 1. The van der Waals surface area contributed by atoms with Gasteiger partial charge in [-0.3, -0.25) is 9.78 Å². The zero-order valence-electron chi connectivity index (χ0n) is 12.3. The molecule has 0 amide bonds. The van der Waals surface area contributed by atoms with Crippen molar-refractivity contribution in [3.05, 3.63) is 34.6 Å². The third-order valence-corrected chi connectivity index (χ3v) is 3.26. The molecule has 3 aromatic rings. The number of imidazole rings is 1. The average molecular weight is 318 g/mol. The quantitative estimate of drug-likeness (QED) is 0.614. The fourth-order valence-electron chi connectivity index (χ4n) is 2.18. The molecule has 0 aliphatic carbocycles. The number of fused-ring (bicyclic) bond motifs is 1. The van der Waals surface area contributed by atoms with Crippen molar-refractivity contribution in [2.75, 3.05) is 13.7 Å². The fourth-order valence-corrected chi connectivity index (χ4v) is 2.18. The summed E-state index contributed by atoms with van der Waals surface area (Å²) in [5.74, 6) is -1.00. The lowest BCUT2D eigenvalue weighted by atomic mass is 10.4. The number of methoxy groups -OCH3 is 1. The molecule has 0 fully saturated rings. The van der Waals surface area contributed by atoms with Crippen molar-refractivity contribution in [3.63, 3.8) is 0 Å². The van der Waals surface area contributed by atoms with Gasteiger partial charge in [-0.2, -0.15) is 10.1 Å². The number of ether oxygens (including phenoxy) is 1. The Morgan fingerprint density at radius 3 is 3.00 bits per heavy atom. The molecule has 0 aliphatic rings. The lowest BCUT2D eigenvalue weighted by molar-refractivity contribution is 0.0697. The van der Waals surface area contributed by atoms with Crippen LogP contribution in [0.2, 0.25) is 0 Å². The van der Waals surface area contributed by atoms with Gasteiger partial charge in [-0.25, -0.2) is 14.5 Å². The van der Waals surface area contributed by atoms with Gasteiger partial charge in [0, 0.05) is 26.5 Å². The highest BCUT2D eigenvalue weighted by atomic mass is 16.5. The first-order valence-corrected chi connectivity index (χ1v) is 6.82. The molecule has 3 aromatic heterocycles. The molecular weight excluding hydrogens is 304 g/mol. The molecule has 10 nitrogen and oxygen atoms in total. The topological polar surface area (TPSA) is 128 Å². The normalized spacial score (nSPS) is 11.2. The van der Waals surface area contributed by atoms with Crippen LogP contribution in [0.25, 0.3) is 17.1 Å². The van der Waals surface area contributed by atoms with Crippen molar-refractivity contribution in [2.24, 2.45) is 0 Å². The number of aromatic carboxylic acids is 1. The molecule has 0 bridgehead atoms. The van der Waals surface area contributed by atoms with Crippen LogP contribution in [-0.2, 0) is 11.3 Å². The summed E-state index contributed by atoms with van der Waals surface area (Å²) in [5.41, 5.74) is 0.258. The van der Waals surface area contributed by atoms with E-state index in [1.54, 1.807) is 11.7 Å². The first-order valence-electron chi connectivity index (χ1n) is 6.82. The Morgan fingerprint density at radius 2 is 2.30 bits per heavy atom. The third-order valence-electron chi connectivity index (χ3n) is 3.26. The van der Waals surface area contributed by atoms with Gasteiger partial charge in [0.05, 0.1) is 18.1 Å². The first-order chi connectivity index (χ1) is 11.1. The second-order valence-corrected chi connectivity index (χ2v) is 4.82. The summed E-state index contributed by atoms with van der Waals surface area (Å²) in [6.45, 7) is 1.16. The molecule has 0 saturated heterocycles. The minimum absolute atomic E-state index is 0.00200. The van der Waals surface area contributed by atoms with Gasteiger partial charge in [-0.15, -0.1) is 0 Å². The molecular formula is C13H14N6O4. The third kappa shape index (κ3) is 2.83. The molecule has 23 heavy (non-hydrogen) atoms. The number of carbonyl (C=O) groups is 1. The Kier molecular flexibility index (Phi) is 3.89. The Bertz CT molecular complexity index is 909. The van der Waals surface area contributed by atoms with E-state index in [1.165, 1.54) is 23.4 Å². The zero-order chi connectivity index (χ0) is 16.4. The monoisotopic (exact) mass is 318 g/mol. The SMILES string of the molecule is COCCCn1cnc2nc(-n3cc(C(=O)O)cn3)[nH]c(=O)c21. The molecule has 0 radical (unpaired) electrons. The number of aromatic nitrogens is 6. The standard InChI is InChI=1S/C13H14N6O4/c1-23-4-2-3-18-7-14-10-9(18)11(20)17-13(16-10)19-6-8(5-15-19)12(21)22/h5-7H,2-4H2,1H3,(H,21,22)(H,16,17,20). The van der Waals surface area contributed by atoms with Gasteiger partial charge in [0.25, 0.3) is 5.56 Å². The van der Waals surface area contributed by atoms with Gasteiger partial charge in [-0.05, 0) is 6.42 Å². The summed E-state index contributed by atoms with van der Waals surface area (Å²) in [6, 6.07) is 0. The summed E-state index contributed by atoms with van der Waals surface area (Å²) in [6.07, 6.45) is 4.72. The maximum absolute atomic E-state index is 12.3. The van der Waals surface area contributed by atoms with Crippen LogP contribution in [0.15, 0.2) is 23.5 Å². The van der Waals surface area contributed by atoms with E-state index in [9.17, 15) is 9.59 Å². The van der Waals surface area contributed by atoms with E-state index < -0.39 is 5.97 Å². The molecule has 0 unspecified atom stereocenters. The van der Waals surface area contributed by atoms with Gasteiger partial charge >= 0.3 is 5.97 Å². The first kappa shape index (κ1) is 14.9. The molecule has 0 atom stereocenters. The van der Waals surface area contributed by atoms with E-state index >= 15 is 0 Å². The van der Waals surface area contributed by atoms with E-state index in [1.807, 2.05) is 0 Å². The summed E-state index contributed by atoms with van der Waals surface area (Å²) in [7, 11) is 1.61. The van der Waals surface area contributed by atoms with Gasteiger partial charge in [-0.1, -0.05) is 0 Å². The second kappa shape index (κ2) is 6.01. The smallest absolute Gasteiger partial charge is 0.338 e. The van der Waals surface area contributed by atoms with Crippen molar-refractivity contribution in [1.82, 2.24) is 29.3 Å². The highest BCUT2D eigenvalue weighted by molar-refractivity contribution is 5.86. The molecule has 0 aromatic carbocycles. The van der Waals surface area contributed by atoms with Crippen LogP contribution in [0.3, 0.4) is 0 Å². The van der Waals surface area contributed by atoms with Crippen LogP contribution < -0.4 is 5.56 Å². The molecule has 0 aliphatic heterocycles. The molecule has 2 N–H and O–H groups in total. The molecule has 120 valence electrons. The number of H-pyrrole nitrogens is 1. The Morgan fingerprint density at radius 1 is 1.48 bits per heavy atom. The van der Waals surface area contributed by atoms with Gasteiger partial charge in [0.1, 0.15) is 0 Å². The summed E-state index contributed by atoms with van der Waals surface area (Å²) in [5, 5.41) is 12.8. The molecule has 3 heterocycles. The zero-order valence-corrected chi connectivity index (χ0v) is 12.3. The van der Waals surface area contributed by atoms with E-state index in [-0.39, 0.29) is 22.7 Å². The summed E-state index contributed by atoms with van der Waals surface area (Å²) in [4.78, 5) is 34.1. The maximum Gasteiger partial charge on any atom is 0.338 e. The lowest BCUT2D eigenvalue weighted by Crippen LogP contribution is -2.16. The lowest BCUT2D eigenvalue weighted by Gasteiger charge is -2.03. The van der Waals surface area contributed by atoms with E-state index in [4.69, 9.17) is 9.84 Å². The predicted octanol–water partition coefficient (Wildman–Crippen LogP) is 0.0400. The number of carboxylic acids is 1. The van der Waals surface area contributed by atoms with Crippen LogP contribution >= 0.6 is 0 Å². The Hall–Kier alpha value is -3.01. The fraction of sp³-hybridized carbons (Fsp3) is 0.308. The van der Waals surface area contributed by atoms with Crippen molar-refractivity contribution in [3.8, 4) is 5.95 Å². The maximum atomic E-state index is 12.3. The number of hydrogen-bond donors (Lipinski definition) is 2. The van der Waals surface area contributed by atoms with Gasteiger partial charge in [0.2, 0.25) is 5.95 Å². The van der Waals surface area contributed by atoms with Crippen molar-refractivity contribution >= 4 is 17.1 Å². The number of hydrogen-bond acceptors (Lipinski definition) is 6. The molecule has 0 saturated carbocycles. The highest BCUT2D eigenvalue weighted by Gasteiger charge is 2.13. The number of rotatable bonds is 6. The Balaban J connectivity index is 1.98.